The standard InChI is InChI=1S/C18H29N5O2.HI/c1-2-20-18(22-16-8-11-23(12-9-16)17(19)24)21-10-13-25-14-15-6-4-3-5-7-15;/h3-7,16H,2,8-14H2,1H3,(H2,19,24)(H2,20,21,22);1H. The molecule has 0 saturated carbocycles. The molecular weight excluding hydrogens is 445 g/mol. The van der Waals surface area contributed by atoms with Crippen molar-refractivity contribution >= 4 is 36.0 Å². The molecule has 26 heavy (non-hydrogen) atoms. The van der Waals surface area contributed by atoms with Gasteiger partial charge in [0.1, 0.15) is 0 Å². The fourth-order valence-corrected chi connectivity index (χ4v) is 2.74. The molecule has 1 aliphatic rings. The van der Waals surface area contributed by atoms with Crippen molar-refractivity contribution in [1.82, 2.24) is 15.5 Å². The number of rotatable bonds is 7. The lowest BCUT2D eigenvalue weighted by Gasteiger charge is -2.32. The molecule has 2 amide bonds. The molecule has 1 aliphatic heterocycles. The Hall–Kier alpha value is -1.55. The van der Waals surface area contributed by atoms with Crippen LogP contribution in [0.3, 0.4) is 0 Å². The largest absolute Gasteiger partial charge is 0.375 e. The zero-order valence-electron chi connectivity index (χ0n) is 15.3. The van der Waals surface area contributed by atoms with E-state index in [0.29, 0.717) is 38.9 Å². The second-order valence-corrected chi connectivity index (χ2v) is 6.04. The van der Waals surface area contributed by atoms with E-state index in [1.165, 1.54) is 0 Å². The van der Waals surface area contributed by atoms with Gasteiger partial charge in [-0.15, -0.1) is 24.0 Å². The number of hydrogen-bond donors (Lipinski definition) is 3. The van der Waals surface area contributed by atoms with E-state index in [2.05, 4.69) is 15.6 Å². The number of carbonyl (C=O) groups is 1. The lowest BCUT2D eigenvalue weighted by molar-refractivity contribution is 0.128. The molecule has 1 saturated heterocycles. The molecular formula is C18H30IN5O2. The SMILES string of the molecule is CCNC(=NCCOCc1ccccc1)NC1CCN(C(N)=O)CC1.I. The van der Waals surface area contributed by atoms with Crippen molar-refractivity contribution in [2.45, 2.75) is 32.4 Å². The average molecular weight is 475 g/mol. The van der Waals surface area contributed by atoms with E-state index >= 15 is 0 Å². The predicted octanol–water partition coefficient (Wildman–Crippen LogP) is 1.92. The van der Waals surface area contributed by atoms with Gasteiger partial charge in [-0.1, -0.05) is 30.3 Å². The second-order valence-electron chi connectivity index (χ2n) is 6.04. The minimum absolute atomic E-state index is 0. The van der Waals surface area contributed by atoms with Gasteiger partial charge >= 0.3 is 6.03 Å². The van der Waals surface area contributed by atoms with Gasteiger partial charge in [0, 0.05) is 25.7 Å². The van der Waals surface area contributed by atoms with Crippen LogP contribution in [-0.4, -0.2) is 55.7 Å². The molecule has 1 heterocycles. The topological polar surface area (TPSA) is 92.0 Å². The van der Waals surface area contributed by atoms with Gasteiger partial charge in [0.25, 0.3) is 0 Å². The summed E-state index contributed by atoms with van der Waals surface area (Å²) in [6.07, 6.45) is 1.75. The molecule has 2 rings (SSSR count). The van der Waals surface area contributed by atoms with Crippen LogP contribution in [0.25, 0.3) is 0 Å². The molecule has 4 N–H and O–H groups in total. The summed E-state index contributed by atoms with van der Waals surface area (Å²) in [5.41, 5.74) is 6.48. The monoisotopic (exact) mass is 475 g/mol. The Morgan fingerprint density at radius 3 is 2.62 bits per heavy atom. The number of piperidine rings is 1. The van der Waals surface area contributed by atoms with Gasteiger partial charge in [0.05, 0.1) is 19.8 Å². The molecule has 0 aromatic heterocycles. The van der Waals surface area contributed by atoms with Crippen LogP contribution in [0.5, 0.6) is 0 Å². The summed E-state index contributed by atoms with van der Waals surface area (Å²) in [4.78, 5) is 17.4. The molecule has 1 aromatic rings. The highest BCUT2D eigenvalue weighted by molar-refractivity contribution is 14.0. The summed E-state index contributed by atoms with van der Waals surface area (Å²) in [6, 6.07) is 10.1. The van der Waals surface area contributed by atoms with Crippen molar-refractivity contribution in [2.75, 3.05) is 32.8 Å². The number of nitrogens with two attached hydrogens (primary N) is 1. The quantitative estimate of drug-likeness (QED) is 0.243. The maximum Gasteiger partial charge on any atom is 0.314 e. The Labute approximate surface area is 172 Å². The van der Waals surface area contributed by atoms with E-state index in [4.69, 9.17) is 10.5 Å². The maximum atomic E-state index is 11.2. The van der Waals surface area contributed by atoms with Crippen molar-refractivity contribution in [2.24, 2.45) is 10.7 Å². The highest BCUT2D eigenvalue weighted by atomic mass is 127. The molecule has 0 spiro atoms. The first kappa shape index (κ1) is 22.5. The number of guanidine groups is 1. The van der Waals surface area contributed by atoms with Crippen LogP contribution in [0.4, 0.5) is 4.79 Å². The number of carbonyl (C=O) groups excluding carboxylic acids is 1. The number of benzene rings is 1. The third-order valence-electron chi connectivity index (χ3n) is 4.11. The summed E-state index contributed by atoms with van der Waals surface area (Å²) >= 11 is 0. The van der Waals surface area contributed by atoms with Crippen molar-refractivity contribution in [3.05, 3.63) is 35.9 Å². The second kappa shape index (κ2) is 12.7. The van der Waals surface area contributed by atoms with Crippen molar-refractivity contribution < 1.29 is 9.53 Å². The van der Waals surface area contributed by atoms with Crippen molar-refractivity contribution in [3.8, 4) is 0 Å². The minimum Gasteiger partial charge on any atom is -0.375 e. The van der Waals surface area contributed by atoms with E-state index in [0.717, 1.165) is 30.9 Å². The Morgan fingerprint density at radius 2 is 2.00 bits per heavy atom. The molecule has 0 radical (unpaired) electrons. The molecule has 146 valence electrons. The minimum atomic E-state index is -0.338. The predicted molar refractivity (Wildman–Crippen MR) is 115 cm³/mol. The van der Waals surface area contributed by atoms with Gasteiger partial charge in [0.2, 0.25) is 0 Å². The number of hydrogen-bond acceptors (Lipinski definition) is 3. The Balaban J connectivity index is 0.00000338. The van der Waals surface area contributed by atoms with Crippen LogP contribution in [0, 0.1) is 0 Å². The molecule has 7 nitrogen and oxygen atoms in total. The van der Waals surface area contributed by atoms with Crippen LogP contribution in [-0.2, 0) is 11.3 Å². The number of ether oxygens (including phenoxy) is 1. The van der Waals surface area contributed by atoms with E-state index in [1.807, 2.05) is 37.3 Å². The third kappa shape index (κ3) is 8.22. The zero-order chi connectivity index (χ0) is 17.9. The fourth-order valence-electron chi connectivity index (χ4n) is 2.74. The van der Waals surface area contributed by atoms with Gasteiger partial charge < -0.3 is 26.0 Å². The van der Waals surface area contributed by atoms with E-state index < -0.39 is 0 Å². The van der Waals surface area contributed by atoms with Gasteiger partial charge in [0.15, 0.2) is 5.96 Å². The smallest absolute Gasteiger partial charge is 0.314 e. The van der Waals surface area contributed by atoms with Crippen LogP contribution in [0.15, 0.2) is 35.3 Å². The van der Waals surface area contributed by atoms with Gasteiger partial charge in [-0.05, 0) is 25.3 Å². The number of urea groups is 1. The van der Waals surface area contributed by atoms with E-state index in [9.17, 15) is 4.79 Å². The van der Waals surface area contributed by atoms with Crippen LogP contribution in [0.1, 0.15) is 25.3 Å². The number of amides is 2. The number of aliphatic imine (C=N–C) groups is 1. The fraction of sp³-hybridized carbons (Fsp3) is 0.556. The number of likely N-dealkylation sites (tertiary alicyclic amines) is 1. The number of nitrogens with one attached hydrogen (secondary N) is 2. The molecule has 0 unspecified atom stereocenters. The Bertz CT molecular complexity index is 548. The molecule has 0 aliphatic carbocycles. The van der Waals surface area contributed by atoms with Gasteiger partial charge in [-0.2, -0.15) is 0 Å². The Morgan fingerprint density at radius 1 is 1.31 bits per heavy atom. The maximum absolute atomic E-state index is 11.2. The highest BCUT2D eigenvalue weighted by Gasteiger charge is 2.21. The van der Waals surface area contributed by atoms with E-state index in [1.54, 1.807) is 4.90 Å². The van der Waals surface area contributed by atoms with Crippen LogP contribution >= 0.6 is 24.0 Å². The third-order valence-corrected chi connectivity index (χ3v) is 4.11. The first-order chi connectivity index (χ1) is 12.2. The molecule has 0 bridgehead atoms. The number of nitrogens with zero attached hydrogens (tertiary/aromatic N) is 2. The summed E-state index contributed by atoms with van der Waals surface area (Å²) in [5, 5.41) is 6.68. The van der Waals surface area contributed by atoms with E-state index in [-0.39, 0.29) is 30.0 Å². The summed E-state index contributed by atoms with van der Waals surface area (Å²) in [7, 11) is 0. The molecule has 0 atom stereocenters. The molecule has 1 fully saturated rings. The lowest BCUT2D eigenvalue weighted by atomic mass is 10.1. The summed E-state index contributed by atoms with van der Waals surface area (Å²) < 4.78 is 5.66. The number of primary amides is 1. The highest BCUT2D eigenvalue weighted by Crippen LogP contribution is 2.09. The van der Waals surface area contributed by atoms with Crippen LogP contribution < -0.4 is 16.4 Å². The summed E-state index contributed by atoms with van der Waals surface area (Å²) in [5.74, 6) is 0.795. The van der Waals surface area contributed by atoms with Gasteiger partial charge in [-0.25, -0.2) is 4.79 Å². The van der Waals surface area contributed by atoms with Crippen molar-refractivity contribution in [1.29, 1.82) is 0 Å². The van der Waals surface area contributed by atoms with Gasteiger partial charge in [-0.3, -0.25) is 4.99 Å². The lowest BCUT2D eigenvalue weighted by Crippen LogP contribution is -2.50. The molecule has 1 aromatic carbocycles. The first-order valence-electron chi connectivity index (χ1n) is 8.90. The summed E-state index contributed by atoms with van der Waals surface area (Å²) in [6.45, 7) is 5.99. The van der Waals surface area contributed by atoms with Crippen LogP contribution in [0.2, 0.25) is 0 Å². The Kier molecular flexibility index (Phi) is 11.0. The number of halogens is 1. The van der Waals surface area contributed by atoms with Crippen molar-refractivity contribution in [3.63, 3.8) is 0 Å². The normalized spacial score (nSPS) is 15.3. The first-order valence-corrected chi connectivity index (χ1v) is 8.90. The zero-order valence-corrected chi connectivity index (χ0v) is 17.6. The average Bonchev–Trinajstić information content (AvgIpc) is 2.63. The molecule has 8 heteroatoms.